The normalized spacial score (nSPS) is 24.0. The molecular weight excluding hydrogens is 316 g/mol. The van der Waals surface area contributed by atoms with E-state index in [0.717, 1.165) is 64.1 Å². The minimum absolute atomic E-state index is 0.328. The van der Waals surface area contributed by atoms with E-state index < -0.39 is 0 Å². The van der Waals surface area contributed by atoms with Crippen LogP contribution in [0.5, 0.6) is 0 Å². The van der Waals surface area contributed by atoms with Gasteiger partial charge in [-0.15, -0.1) is 0 Å². The van der Waals surface area contributed by atoms with Crippen LogP contribution in [0.15, 0.2) is 16.7 Å². The molecule has 0 aromatic carbocycles. The average Bonchev–Trinajstić information content (AvgIpc) is 3.18. The number of carbonyl (C=O) groups excluding carboxylic acids is 1. The molecule has 0 saturated carbocycles. The molecule has 25 heavy (non-hydrogen) atoms. The molecule has 0 bridgehead atoms. The Balaban J connectivity index is 1.52. The van der Waals surface area contributed by atoms with E-state index in [-0.39, 0.29) is 0 Å². The molecular formula is C19H30N4O2. The Hall–Kier alpha value is -1.69. The second kappa shape index (κ2) is 8.61. The number of hydrogen-bond acceptors (Lipinski definition) is 5. The molecule has 3 rings (SSSR count). The standard InChI is InChI=1S/C19H30N4O2/c1-3-22(14-18-20-15(2)25-21-18)17-9-6-11-23(12-10-17)19(24)13-16-7-4-5-8-16/h4,7,16-17H,3,5-6,8-14H2,1-2H3/t16-,17-/m1/s1. The molecule has 1 aliphatic carbocycles. The molecule has 2 aliphatic rings. The predicted octanol–water partition coefficient (Wildman–Crippen LogP) is 2.94. The van der Waals surface area contributed by atoms with Crippen LogP contribution in [0.3, 0.4) is 0 Å². The van der Waals surface area contributed by atoms with Crippen LogP contribution in [0.25, 0.3) is 0 Å². The third-order valence-corrected chi connectivity index (χ3v) is 5.44. The number of hydrogen-bond donors (Lipinski definition) is 0. The molecule has 1 aromatic heterocycles. The smallest absolute Gasteiger partial charge is 0.223 e. The van der Waals surface area contributed by atoms with Crippen molar-refractivity contribution in [2.24, 2.45) is 5.92 Å². The van der Waals surface area contributed by atoms with Gasteiger partial charge in [0.1, 0.15) is 0 Å². The predicted molar refractivity (Wildman–Crippen MR) is 95.8 cm³/mol. The maximum Gasteiger partial charge on any atom is 0.223 e. The van der Waals surface area contributed by atoms with Gasteiger partial charge in [0.2, 0.25) is 11.8 Å². The van der Waals surface area contributed by atoms with Crippen molar-refractivity contribution in [2.45, 2.75) is 65.0 Å². The van der Waals surface area contributed by atoms with Gasteiger partial charge in [0, 0.05) is 32.5 Å². The van der Waals surface area contributed by atoms with Crippen LogP contribution in [0.2, 0.25) is 0 Å². The first-order chi connectivity index (χ1) is 12.2. The quantitative estimate of drug-likeness (QED) is 0.741. The SMILES string of the molecule is CCN(Cc1noc(C)n1)[C@@H]1CCCN(C(=O)C[C@@H]2C=CCC2)CC1. The zero-order valence-electron chi connectivity index (χ0n) is 15.5. The lowest BCUT2D eigenvalue weighted by molar-refractivity contribution is -0.131. The first-order valence-corrected chi connectivity index (χ1v) is 9.63. The summed E-state index contributed by atoms with van der Waals surface area (Å²) in [5, 5.41) is 4.02. The second-order valence-corrected chi connectivity index (χ2v) is 7.23. The van der Waals surface area contributed by atoms with Gasteiger partial charge >= 0.3 is 0 Å². The van der Waals surface area contributed by atoms with Crippen molar-refractivity contribution in [1.29, 1.82) is 0 Å². The van der Waals surface area contributed by atoms with E-state index in [1.807, 2.05) is 6.92 Å². The van der Waals surface area contributed by atoms with Gasteiger partial charge in [0.15, 0.2) is 5.82 Å². The number of allylic oxidation sites excluding steroid dienone is 2. The Labute approximate surface area is 150 Å². The van der Waals surface area contributed by atoms with E-state index in [2.05, 4.69) is 39.0 Å². The van der Waals surface area contributed by atoms with Crippen LogP contribution in [0.4, 0.5) is 0 Å². The summed E-state index contributed by atoms with van der Waals surface area (Å²) >= 11 is 0. The lowest BCUT2D eigenvalue weighted by atomic mass is 10.0. The zero-order chi connectivity index (χ0) is 17.6. The molecule has 138 valence electrons. The van der Waals surface area contributed by atoms with Crippen LogP contribution in [0.1, 0.15) is 57.2 Å². The summed E-state index contributed by atoms with van der Waals surface area (Å²) in [4.78, 5) is 21.4. The third-order valence-electron chi connectivity index (χ3n) is 5.44. The first-order valence-electron chi connectivity index (χ1n) is 9.63. The van der Waals surface area contributed by atoms with E-state index in [9.17, 15) is 4.79 Å². The highest BCUT2D eigenvalue weighted by Crippen LogP contribution is 2.23. The number of carbonyl (C=O) groups is 1. The van der Waals surface area contributed by atoms with Gasteiger partial charge in [-0.25, -0.2) is 0 Å². The van der Waals surface area contributed by atoms with E-state index in [4.69, 9.17) is 4.52 Å². The van der Waals surface area contributed by atoms with Gasteiger partial charge in [0.05, 0.1) is 6.54 Å². The van der Waals surface area contributed by atoms with E-state index in [1.54, 1.807) is 0 Å². The fraction of sp³-hybridized carbons (Fsp3) is 0.737. The molecule has 6 heteroatoms. The Morgan fingerprint density at radius 1 is 1.36 bits per heavy atom. The topological polar surface area (TPSA) is 62.5 Å². The molecule has 2 heterocycles. The Morgan fingerprint density at radius 2 is 2.24 bits per heavy atom. The Kier molecular flexibility index (Phi) is 6.24. The maximum absolute atomic E-state index is 12.6. The number of nitrogens with zero attached hydrogens (tertiary/aromatic N) is 4. The lowest BCUT2D eigenvalue weighted by Gasteiger charge is -2.29. The van der Waals surface area contributed by atoms with Crippen molar-refractivity contribution in [3.8, 4) is 0 Å². The molecule has 1 fully saturated rings. The summed E-state index contributed by atoms with van der Waals surface area (Å²) in [6, 6.07) is 0.480. The molecule has 0 N–H and O–H groups in total. The number of amides is 1. The summed E-state index contributed by atoms with van der Waals surface area (Å²) in [6.45, 7) is 7.43. The van der Waals surface area contributed by atoms with Crippen LogP contribution in [-0.2, 0) is 11.3 Å². The van der Waals surface area contributed by atoms with Crippen molar-refractivity contribution >= 4 is 5.91 Å². The molecule has 0 spiro atoms. The van der Waals surface area contributed by atoms with Crippen molar-refractivity contribution in [3.05, 3.63) is 23.9 Å². The van der Waals surface area contributed by atoms with Gasteiger partial charge in [-0.1, -0.05) is 24.2 Å². The molecule has 1 aromatic rings. The molecule has 2 atom stereocenters. The molecule has 1 amide bonds. The molecule has 1 aliphatic heterocycles. The highest BCUT2D eigenvalue weighted by Gasteiger charge is 2.26. The van der Waals surface area contributed by atoms with Crippen molar-refractivity contribution < 1.29 is 9.32 Å². The second-order valence-electron chi connectivity index (χ2n) is 7.23. The highest BCUT2D eigenvalue weighted by atomic mass is 16.5. The maximum atomic E-state index is 12.6. The van der Waals surface area contributed by atoms with E-state index in [0.29, 0.717) is 30.2 Å². The van der Waals surface area contributed by atoms with Crippen molar-refractivity contribution in [3.63, 3.8) is 0 Å². The number of rotatable bonds is 6. The minimum atomic E-state index is 0.328. The zero-order valence-corrected chi connectivity index (χ0v) is 15.5. The van der Waals surface area contributed by atoms with Crippen molar-refractivity contribution in [1.82, 2.24) is 19.9 Å². The van der Waals surface area contributed by atoms with Crippen molar-refractivity contribution in [2.75, 3.05) is 19.6 Å². The van der Waals surface area contributed by atoms with Gasteiger partial charge < -0.3 is 9.42 Å². The molecule has 0 unspecified atom stereocenters. The third kappa shape index (κ3) is 4.91. The fourth-order valence-corrected chi connectivity index (χ4v) is 4.00. The highest BCUT2D eigenvalue weighted by molar-refractivity contribution is 5.76. The first kappa shape index (κ1) is 18.1. The summed E-state index contributed by atoms with van der Waals surface area (Å²) < 4.78 is 5.09. The Bertz CT molecular complexity index is 598. The minimum Gasteiger partial charge on any atom is -0.343 e. The van der Waals surface area contributed by atoms with Gasteiger partial charge in [-0.3, -0.25) is 9.69 Å². The van der Waals surface area contributed by atoms with E-state index in [1.165, 1.54) is 0 Å². The molecule has 1 saturated heterocycles. The number of likely N-dealkylation sites (tertiary alicyclic amines) is 1. The molecule has 6 nitrogen and oxygen atoms in total. The number of aryl methyl sites for hydroxylation is 1. The van der Waals surface area contributed by atoms with Gasteiger partial charge in [-0.2, -0.15) is 4.98 Å². The Morgan fingerprint density at radius 3 is 2.92 bits per heavy atom. The largest absolute Gasteiger partial charge is 0.343 e. The van der Waals surface area contributed by atoms with Crippen LogP contribution in [0, 0.1) is 12.8 Å². The molecule has 0 radical (unpaired) electrons. The van der Waals surface area contributed by atoms with Gasteiger partial charge in [-0.05, 0) is 44.6 Å². The number of aromatic nitrogens is 2. The van der Waals surface area contributed by atoms with Crippen LogP contribution in [-0.4, -0.2) is 51.5 Å². The average molecular weight is 346 g/mol. The summed E-state index contributed by atoms with van der Waals surface area (Å²) in [6.07, 6.45) is 10.6. The fourth-order valence-electron chi connectivity index (χ4n) is 4.00. The van der Waals surface area contributed by atoms with Crippen LogP contribution < -0.4 is 0 Å². The summed E-state index contributed by atoms with van der Waals surface area (Å²) in [7, 11) is 0. The lowest BCUT2D eigenvalue weighted by Crippen LogP contribution is -2.37. The monoisotopic (exact) mass is 346 g/mol. The van der Waals surface area contributed by atoms with Crippen LogP contribution >= 0.6 is 0 Å². The van der Waals surface area contributed by atoms with E-state index >= 15 is 0 Å². The summed E-state index contributed by atoms with van der Waals surface area (Å²) in [5.41, 5.74) is 0. The summed E-state index contributed by atoms with van der Waals surface area (Å²) in [5.74, 6) is 2.16. The van der Waals surface area contributed by atoms with Gasteiger partial charge in [0.25, 0.3) is 0 Å².